The number of anilines is 2. The first-order valence-corrected chi connectivity index (χ1v) is 12.3. The molecular weight excluding hydrogens is 457 g/mol. The predicted molar refractivity (Wildman–Crippen MR) is 128 cm³/mol. The van der Waals surface area contributed by atoms with E-state index < -0.39 is 28.3 Å². The molecule has 0 radical (unpaired) electrons. The summed E-state index contributed by atoms with van der Waals surface area (Å²) in [5, 5.41) is 2.68. The van der Waals surface area contributed by atoms with E-state index in [-0.39, 0.29) is 16.5 Å². The Morgan fingerprint density at radius 1 is 0.882 bits per heavy atom. The number of sulfonamides is 1. The van der Waals surface area contributed by atoms with Gasteiger partial charge in [0.05, 0.1) is 21.8 Å². The molecule has 176 valence electrons. The van der Waals surface area contributed by atoms with Crippen LogP contribution < -0.4 is 9.62 Å². The number of likely N-dealkylation sites (tertiary alicyclic amines) is 1. The zero-order chi connectivity index (χ0) is 24.1. The molecular formula is C25H24FN3O4S. The van der Waals surface area contributed by atoms with E-state index in [4.69, 9.17) is 0 Å². The van der Waals surface area contributed by atoms with Crippen LogP contribution >= 0.6 is 0 Å². The third kappa shape index (κ3) is 5.09. The monoisotopic (exact) mass is 481 g/mol. The van der Waals surface area contributed by atoms with E-state index >= 15 is 0 Å². The minimum absolute atomic E-state index is 0.00302. The Labute approximate surface area is 197 Å². The SMILES string of the molecule is O=C(CN(c1ccc(F)cc1)S(=O)(=O)c1ccccc1)Nc1ccccc1C(=O)N1CCCC1. The summed E-state index contributed by atoms with van der Waals surface area (Å²) in [7, 11) is -4.12. The van der Waals surface area contributed by atoms with E-state index in [1.54, 1.807) is 47.4 Å². The Bertz CT molecular complexity index is 1280. The molecule has 0 saturated carbocycles. The lowest BCUT2D eigenvalue weighted by molar-refractivity contribution is -0.114. The van der Waals surface area contributed by atoms with E-state index in [1.807, 2.05) is 0 Å². The Morgan fingerprint density at radius 2 is 1.50 bits per heavy atom. The van der Waals surface area contributed by atoms with Crippen LogP contribution in [0.1, 0.15) is 23.2 Å². The van der Waals surface area contributed by atoms with Crippen LogP contribution in [0.15, 0.2) is 83.8 Å². The fourth-order valence-corrected chi connectivity index (χ4v) is 5.27. The number of carbonyl (C=O) groups excluding carboxylic acids is 2. The molecule has 1 saturated heterocycles. The molecule has 0 spiro atoms. The van der Waals surface area contributed by atoms with Crippen LogP contribution in [0.5, 0.6) is 0 Å². The maximum absolute atomic E-state index is 13.5. The van der Waals surface area contributed by atoms with Gasteiger partial charge in [-0.15, -0.1) is 0 Å². The van der Waals surface area contributed by atoms with Crippen molar-refractivity contribution in [2.75, 3.05) is 29.3 Å². The summed E-state index contributed by atoms with van der Waals surface area (Å²) < 4.78 is 41.1. The number of hydrogen-bond acceptors (Lipinski definition) is 4. The van der Waals surface area contributed by atoms with Crippen LogP contribution in [-0.2, 0) is 14.8 Å². The van der Waals surface area contributed by atoms with Crippen molar-refractivity contribution in [1.29, 1.82) is 0 Å². The molecule has 1 aliphatic heterocycles. The summed E-state index contributed by atoms with van der Waals surface area (Å²) in [6.07, 6.45) is 1.87. The maximum Gasteiger partial charge on any atom is 0.264 e. The van der Waals surface area contributed by atoms with Crippen molar-refractivity contribution in [2.24, 2.45) is 0 Å². The summed E-state index contributed by atoms with van der Waals surface area (Å²) in [5.41, 5.74) is 0.791. The molecule has 7 nitrogen and oxygen atoms in total. The number of amides is 2. The Morgan fingerprint density at radius 3 is 2.18 bits per heavy atom. The van der Waals surface area contributed by atoms with Crippen LogP contribution in [0, 0.1) is 5.82 Å². The maximum atomic E-state index is 13.5. The van der Waals surface area contributed by atoms with E-state index in [9.17, 15) is 22.4 Å². The minimum Gasteiger partial charge on any atom is -0.339 e. The van der Waals surface area contributed by atoms with Gasteiger partial charge in [-0.1, -0.05) is 30.3 Å². The molecule has 3 aromatic rings. The molecule has 2 amide bonds. The molecule has 34 heavy (non-hydrogen) atoms. The van der Waals surface area contributed by atoms with Gasteiger partial charge in [0.2, 0.25) is 5.91 Å². The van der Waals surface area contributed by atoms with Crippen molar-refractivity contribution in [1.82, 2.24) is 4.90 Å². The summed E-state index contributed by atoms with van der Waals surface area (Å²) in [6, 6.07) is 19.2. The fourth-order valence-electron chi connectivity index (χ4n) is 3.83. The molecule has 0 unspecified atom stereocenters. The minimum atomic E-state index is -4.12. The van der Waals surface area contributed by atoms with Crippen molar-refractivity contribution in [2.45, 2.75) is 17.7 Å². The van der Waals surface area contributed by atoms with Gasteiger partial charge in [-0.3, -0.25) is 13.9 Å². The zero-order valence-electron chi connectivity index (χ0n) is 18.4. The molecule has 1 fully saturated rings. The summed E-state index contributed by atoms with van der Waals surface area (Å²) in [5.74, 6) is -1.34. The Balaban J connectivity index is 1.61. The number of halogens is 1. The Hall–Kier alpha value is -3.72. The van der Waals surface area contributed by atoms with Crippen LogP contribution in [0.4, 0.5) is 15.8 Å². The summed E-state index contributed by atoms with van der Waals surface area (Å²) in [4.78, 5) is 27.7. The van der Waals surface area contributed by atoms with Crippen molar-refractivity contribution in [3.63, 3.8) is 0 Å². The van der Waals surface area contributed by atoms with Gasteiger partial charge in [-0.2, -0.15) is 0 Å². The number of rotatable bonds is 7. The number of nitrogens with one attached hydrogen (secondary N) is 1. The van der Waals surface area contributed by atoms with Crippen molar-refractivity contribution >= 4 is 33.2 Å². The van der Waals surface area contributed by atoms with Gasteiger partial charge in [0.15, 0.2) is 0 Å². The lowest BCUT2D eigenvalue weighted by Gasteiger charge is -2.24. The smallest absolute Gasteiger partial charge is 0.264 e. The van der Waals surface area contributed by atoms with Gasteiger partial charge in [0.1, 0.15) is 12.4 Å². The van der Waals surface area contributed by atoms with Crippen LogP contribution in [0.25, 0.3) is 0 Å². The second-order valence-electron chi connectivity index (χ2n) is 7.89. The molecule has 1 heterocycles. The second-order valence-corrected chi connectivity index (χ2v) is 9.76. The molecule has 0 atom stereocenters. The third-order valence-corrected chi connectivity index (χ3v) is 7.35. The van der Waals surface area contributed by atoms with Gasteiger partial charge in [-0.05, 0) is 61.4 Å². The first-order valence-electron chi connectivity index (χ1n) is 10.9. The van der Waals surface area contributed by atoms with E-state index in [1.165, 1.54) is 24.3 Å². The third-order valence-electron chi connectivity index (χ3n) is 5.56. The fraction of sp³-hybridized carbons (Fsp3) is 0.200. The first kappa shape index (κ1) is 23.4. The van der Waals surface area contributed by atoms with Crippen LogP contribution in [0.2, 0.25) is 0 Å². The molecule has 1 N–H and O–H groups in total. The van der Waals surface area contributed by atoms with E-state index in [2.05, 4.69) is 5.32 Å². The highest BCUT2D eigenvalue weighted by molar-refractivity contribution is 7.92. The summed E-state index contributed by atoms with van der Waals surface area (Å²) in [6.45, 7) is 0.763. The standard InChI is InChI=1S/C25H24FN3O4S/c26-19-12-14-20(15-13-19)29(34(32,33)21-8-2-1-3-9-21)18-24(30)27-23-11-5-4-10-22(23)25(31)28-16-6-7-17-28/h1-5,8-15H,6-7,16-18H2,(H,27,30). The van der Waals surface area contributed by atoms with Gasteiger partial charge in [-0.25, -0.2) is 12.8 Å². The van der Waals surface area contributed by atoms with E-state index in [0.717, 1.165) is 29.3 Å². The van der Waals surface area contributed by atoms with Crippen molar-refractivity contribution < 1.29 is 22.4 Å². The average molecular weight is 482 g/mol. The van der Waals surface area contributed by atoms with Crippen molar-refractivity contribution in [3.05, 3.63) is 90.2 Å². The Kier molecular flexibility index (Phi) is 6.93. The number of carbonyl (C=O) groups is 2. The largest absolute Gasteiger partial charge is 0.339 e. The molecule has 0 bridgehead atoms. The summed E-state index contributed by atoms with van der Waals surface area (Å²) >= 11 is 0. The molecule has 1 aliphatic rings. The number of benzene rings is 3. The number of para-hydroxylation sites is 1. The average Bonchev–Trinajstić information content (AvgIpc) is 3.39. The highest BCUT2D eigenvalue weighted by Gasteiger charge is 2.28. The number of hydrogen-bond donors (Lipinski definition) is 1. The van der Waals surface area contributed by atoms with Gasteiger partial charge in [0.25, 0.3) is 15.9 Å². The van der Waals surface area contributed by atoms with Gasteiger partial charge < -0.3 is 10.2 Å². The van der Waals surface area contributed by atoms with E-state index in [0.29, 0.717) is 24.3 Å². The zero-order valence-corrected chi connectivity index (χ0v) is 19.2. The lowest BCUT2D eigenvalue weighted by Crippen LogP contribution is -2.38. The number of nitrogens with zero attached hydrogens (tertiary/aromatic N) is 2. The molecule has 0 aliphatic carbocycles. The normalized spacial score (nSPS) is 13.5. The van der Waals surface area contributed by atoms with Gasteiger partial charge >= 0.3 is 0 Å². The highest BCUT2D eigenvalue weighted by atomic mass is 32.2. The lowest BCUT2D eigenvalue weighted by atomic mass is 10.1. The van der Waals surface area contributed by atoms with Crippen molar-refractivity contribution in [3.8, 4) is 0 Å². The van der Waals surface area contributed by atoms with Gasteiger partial charge in [0, 0.05) is 13.1 Å². The predicted octanol–water partition coefficient (Wildman–Crippen LogP) is 3.90. The van der Waals surface area contributed by atoms with Crippen LogP contribution in [0.3, 0.4) is 0 Å². The molecule has 0 aromatic heterocycles. The first-order chi connectivity index (χ1) is 16.4. The van der Waals surface area contributed by atoms with Crippen LogP contribution in [-0.4, -0.2) is 44.8 Å². The molecule has 9 heteroatoms. The quantitative estimate of drug-likeness (QED) is 0.555. The molecule has 3 aromatic carbocycles. The highest BCUT2D eigenvalue weighted by Crippen LogP contribution is 2.25. The second kappa shape index (κ2) is 10.0. The molecule has 4 rings (SSSR count). The topological polar surface area (TPSA) is 86.8 Å².